The van der Waals surface area contributed by atoms with Crippen molar-refractivity contribution in [1.82, 2.24) is 5.32 Å². The highest BCUT2D eigenvalue weighted by molar-refractivity contribution is 5.73. The molecule has 2 saturated heterocycles. The number of hydrogen-bond donors (Lipinski definition) is 1. The molecule has 2 heterocycles. The van der Waals surface area contributed by atoms with E-state index in [4.69, 9.17) is 18.9 Å². The number of fused-ring (bicyclic) bond motifs is 1. The average Bonchev–Trinajstić information content (AvgIpc) is 2.51. The molecule has 7 nitrogen and oxygen atoms in total. The van der Waals surface area contributed by atoms with Crippen LogP contribution in [0.1, 0.15) is 20.3 Å². The van der Waals surface area contributed by atoms with Crippen molar-refractivity contribution in [3.05, 3.63) is 0 Å². The summed E-state index contributed by atoms with van der Waals surface area (Å²) in [6, 6.07) is -0.375. The molecule has 108 valence electrons. The number of carbonyl (C=O) groups is 2. The van der Waals surface area contributed by atoms with E-state index in [1.54, 1.807) is 0 Å². The third-order valence-corrected chi connectivity index (χ3v) is 3.03. The fourth-order valence-electron chi connectivity index (χ4n) is 2.26. The van der Waals surface area contributed by atoms with Gasteiger partial charge in [0.05, 0.1) is 12.6 Å². The average molecular weight is 273 g/mol. The van der Waals surface area contributed by atoms with Crippen molar-refractivity contribution in [2.75, 3.05) is 19.8 Å². The number of rotatable bonds is 3. The molecular formula is C12H19NO6. The van der Waals surface area contributed by atoms with E-state index in [9.17, 15) is 9.59 Å². The smallest absolute Gasteiger partial charge is 0.302 e. The Morgan fingerprint density at radius 2 is 2.00 bits per heavy atom. The van der Waals surface area contributed by atoms with Crippen LogP contribution in [0.3, 0.4) is 0 Å². The Hall–Kier alpha value is -1.18. The maximum Gasteiger partial charge on any atom is 0.302 e. The van der Waals surface area contributed by atoms with E-state index in [1.165, 1.54) is 13.8 Å². The van der Waals surface area contributed by atoms with E-state index in [-0.39, 0.29) is 30.6 Å². The first kappa shape index (κ1) is 14.2. The van der Waals surface area contributed by atoms with Gasteiger partial charge in [-0.15, -0.1) is 0 Å². The van der Waals surface area contributed by atoms with Crippen molar-refractivity contribution in [1.29, 1.82) is 0 Å². The fraction of sp³-hybridized carbons (Fsp3) is 0.833. The predicted octanol–water partition coefficient (Wildman–Crippen LogP) is -0.415. The van der Waals surface area contributed by atoms with Crippen molar-refractivity contribution in [3.63, 3.8) is 0 Å². The summed E-state index contributed by atoms with van der Waals surface area (Å²) in [5, 5.41) is 2.78. The van der Waals surface area contributed by atoms with E-state index in [0.29, 0.717) is 13.2 Å². The number of hydrogen-bond acceptors (Lipinski definition) is 6. The van der Waals surface area contributed by atoms with Crippen LogP contribution in [0.2, 0.25) is 0 Å². The molecule has 2 rings (SSSR count). The van der Waals surface area contributed by atoms with Crippen LogP contribution in [0.15, 0.2) is 0 Å². The molecule has 19 heavy (non-hydrogen) atoms. The maximum atomic E-state index is 11.3. The second-order valence-corrected chi connectivity index (χ2v) is 4.63. The zero-order valence-corrected chi connectivity index (χ0v) is 11.1. The lowest BCUT2D eigenvalue weighted by Gasteiger charge is -2.23. The zero-order valence-electron chi connectivity index (χ0n) is 11.1. The first-order chi connectivity index (χ1) is 9.08. The molecule has 2 aliphatic heterocycles. The van der Waals surface area contributed by atoms with Gasteiger partial charge in [0.25, 0.3) is 0 Å². The Labute approximate surface area is 111 Å². The summed E-state index contributed by atoms with van der Waals surface area (Å²) in [7, 11) is 0. The lowest BCUT2D eigenvalue weighted by atomic mass is 10.1. The molecule has 1 amide bonds. The van der Waals surface area contributed by atoms with Crippen LogP contribution in [-0.4, -0.2) is 56.2 Å². The molecule has 4 atom stereocenters. The van der Waals surface area contributed by atoms with Crippen molar-refractivity contribution in [2.24, 2.45) is 0 Å². The molecule has 0 aromatic carbocycles. The van der Waals surface area contributed by atoms with Crippen molar-refractivity contribution in [2.45, 2.75) is 44.8 Å². The van der Waals surface area contributed by atoms with E-state index >= 15 is 0 Å². The van der Waals surface area contributed by atoms with Crippen LogP contribution in [0.25, 0.3) is 0 Å². The second kappa shape index (κ2) is 6.31. The molecule has 0 aliphatic carbocycles. The van der Waals surface area contributed by atoms with Gasteiger partial charge in [0.2, 0.25) is 5.91 Å². The standard InChI is InChI=1S/C12H19NO6/c1-7(14)13-10-9(6-18-8(2)15)19-12-11(10)16-4-3-5-17-12/h9-12H,3-6H2,1-2H3,(H,13,14)/t9-,10+,11+,12-/m1/s1. The van der Waals surface area contributed by atoms with Gasteiger partial charge in [0.1, 0.15) is 18.8 Å². The summed E-state index contributed by atoms with van der Waals surface area (Å²) in [4.78, 5) is 22.1. The third-order valence-electron chi connectivity index (χ3n) is 3.03. The molecule has 7 heteroatoms. The molecule has 1 N–H and O–H groups in total. The quantitative estimate of drug-likeness (QED) is 0.703. The fourth-order valence-corrected chi connectivity index (χ4v) is 2.26. The van der Waals surface area contributed by atoms with Gasteiger partial charge in [-0.1, -0.05) is 0 Å². The summed E-state index contributed by atoms with van der Waals surface area (Å²) in [6.07, 6.45) is -0.564. The molecule has 0 radical (unpaired) electrons. The van der Waals surface area contributed by atoms with Gasteiger partial charge < -0.3 is 24.3 Å². The number of nitrogens with one attached hydrogen (secondary N) is 1. The number of carbonyl (C=O) groups excluding carboxylic acids is 2. The van der Waals surface area contributed by atoms with Gasteiger partial charge in [-0.05, 0) is 6.42 Å². The zero-order chi connectivity index (χ0) is 13.8. The molecule has 0 bridgehead atoms. The van der Waals surface area contributed by atoms with Crippen LogP contribution >= 0.6 is 0 Å². The third kappa shape index (κ3) is 3.65. The highest BCUT2D eigenvalue weighted by atomic mass is 16.7. The Balaban J connectivity index is 2.04. The van der Waals surface area contributed by atoms with E-state index in [0.717, 1.165) is 6.42 Å². The number of ether oxygens (including phenoxy) is 4. The van der Waals surface area contributed by atoms with Crippen molar-refractivity contribution < 1.29 is 28.5 Å². The minimum Gasteiger partial charge on any atom is -0.463 e. The van der Waals surface area contributed by atoms with E-state index in [2.05, 4.69) is 5.32 Å². The molecule has 0 aromatic heterocycles. The number of esters is 1. The Kier molecular flexibility index (Phi) is 4.73. The van der Waals surface area contributed by atoms with Gasteiger partial charge in [-0.3, -0.25) is 9.59 Å². The molecule has 0 unspecified atom stereocenters. The Morgan fingerprint density at radius 3 is 2.68 bits per heavy atom. The molecular weight excluding hydrogens is 254 g/mol. The van der Waals surface area contributed by atoms with Gasteiger partial charge >= 0.3 is 5.97 Å². The first-order valence-corrected chi connectivity index (χ1v) is 6.37. The van der Waals surface area contributed by atoms with Gasteiger partial charge in [-0.2, -0.15) is 0 Å². The predicted molar refractivity (Wildman–Crippen MR) is 63.2 cm³/mol. The van der Waals surface area contributed by atoms with Crippen LogP contribution < -0.4 is 5.32 Å². The first-order valence-electron chi connectivity index (χ1n) is 6.37. The SMILES string of the molecule is CC(=O)N[C@@H]1[C@@H]2OCCCO[C@@H]2O[C@@H]1COC(C)=O. The normalized spacial score (nSPS) is 34.2. The summed E-state index contributed by atoms with van der Waals surface area (Å²) >= 11 is 0. The minimum absolute atomic E-state index is 0.0694. The molecule has 0 spiro atoms. The second-order valence-electron chi connectivity index (χ2n) is 4.63. The molecule has 0 aromatic rings. The lowest BCUT2D eigenvalue weighted by Crippen LogP contribution is -2.49. The van der Waals surface area contributed by atoms with Crippen LogP contribution in [0.4, 0.5) is 0 Å². The largest absolute Gasteiger partial charge is 0.463 e. The number of amides is 1. The molecule has 0 saturated carbocycles. The highest BCUT2D eigenvalue weighted by Crippen LogP contribution is 2.27. The lowest BCUT2D eigenvalue weighted by molar-refractivity contribution is -0.169. The van der Waals surface area contributed by atoms with Crippen molar-refractivity contribution >= 4 is 11.9 Å². The van der Waals surface area contributed by atoms with Gasteiger partial charge in [-0.25, -0.2) is 0 Å². The van der Waals surface area contributed by atoms with Crippen LogP contribution in [0.5, 0.6) is 0 Å². The maximum absolute atomic E-state index is 11.3. The summed E-state index contributed by atoms with van der Waals surface area (Å²) in [5.41, 5.74) is 0. The highest BCUT2D eigenvalue weighted by Gasteiger charge is 2.47. The topological polar surface area (TPSA) is 83.1 Å². The van der Waals surface area contributed by atoms with Crippen molar-refractivity contribution in [3.8, 4) is 0 Å². The molecule has 2 aliphatic rings. The van der Waals surface area contributed by atoms with Gasteiger partial charge in [0, 0.05) is 20.5 Å². The summed E-state index contributed by atoms with van der Waals surface area (Å²) in [6.45, 7) is 3.93. The summed E-state index contributed by atoms with van der Waals surface area (Å²) in [5.74, 6) is -0.575. The molecule has 2 fully saturated rings. The van der Waals surface area contributed by atoms with E-state index in [1.807, 2.05) is 0 Å². The Bertz CT molecular complexity index is 347. The Morgan fingerprint density at radius 1 is 1.26 bits per heavy atom. The van der Waals surface area contributed by atoms with Crippen LogP contribution in [0, 0.1) is 0 Å². The van der Waals surface area contributed by atoms with E-state index < -0.39 is 12.4 Å². The minimum atomic E-state index is -0.528. The van der Waals surface area contributed by atoms with Crippen LogP contribution in [-0.2, 0) is 28.5 Å². The van der Waals surface area contributed by atoms with Gasteiger partial charge in [0.15, 0.2) is 6.29 Å². The monoisotopic (exact) mass is 273 g/mol. The summed E-state index contributed by atoms with van der Waals surface area (Å²) < 4.78 is 21.8.